The van der Waals surface area contributed by atoms with Crippen LogP contribution in [0.2, 0.25) is 5.02 Å². The van der Waals surface area contributed by atoms with Crippen molar-refractivity contribution < 1.29 is 18.7 Å². The highest BCUT2D eigenvalue weighted by Gasteiger charge is 2.33. The lowest BCUT2D eigenvalue weighted by molar-refractivity contribution is -0.113. The number of nitrogens with zero attached hydrogens (tertiary/aromatic N) is 1. The van der Waals surface area contributed by atoms with E-state index in [1.54, 1.807) is 54.6 Å². The second-order valence-corrected chi connectivity index (χ2v) is 10.1. The number of hydrogen-bond acceptors (Lipinski definition) is 5. The molecule has 1 fully saturated rings. The molecule has 0 aliphatic carbocycles. The zero-order chi connectivity index (χ0) is 24.2. The van der Waals surface area contributed by atoms with Crippen molar-refractivity contribution in [1.82, 2.24) is 0 Å². The molecule has 0 unspecified atom stereocenters. The molecule has 174 valence electrons. The molecule has 1 aliphatic heterocycles. The zero-order valence-corrected chi connectivity index (χ0v) is 21.9. The van der Waals surface area contributed by atoms with Crippen LogP contribution >= 0.6 is 51.5 Å². The summed E-state index contributed by atoms with van der Waals surface area (Å²) in [4.78, 5) is 15.0. The lowest BCUT2D eigenvalue weighted by Gasteiger charge is -2.15. The Bertz CT molecular complexity index is 1280. The summed E-state index contributed by atoms with van der Waals surface area (Å²) in [5.74, 6) is 0.380. The van der Waals surface area contributed by atoms with Crippen molar-refractivity contribution in [2.45, 2.75) is 13.5 Å². The Morgan fingerprint density at radius 3 is 2.59 bits per heavy atom. The van der Waals surface area contributed by atoms with E-state index >= 15 is 0 Å². The van der Waals surface area contributed by atoms with E-state index in [4.69, 9.17) is 33.3 Å². The van der Waals surface area contributed by atoms with Gasteiger partial charge in [-0.1, -0.05) is 53.8 Å². The third kappa shape index (κ3) is 5.46. The quantitative estimate of drug-likeness (QED) is 0.213. The second-order valence-electron chi connectivity index (χ2n) is 7.14. The van der Waals surface area contributed by atoms with E-state index in [9.17, 15) is 9.18 Å². The average molecular weight is 579 g/mol. The molecular weight excluding hydrogens is 561 g/mol. The van der Waals surface area contributed by atoms with E-state index < -0.39 is 0 Å². The van der Waals surface area contributed by atoms with E-state index in [-0.39, 0.29) is 18.3 Å². The highest BCUT2D eigenvalue weighted by Crippen LogP contribution is 2.40. The van der Waals surface area contributed by atoms with Gasteiger partial charge in [-0.25, -0.2) is 4.39 Å². The van der Waals surface area contributed by atoms with Crippen LogP contribution in [-0.2, 0) is 11.4 Å². The molecule has 0 atom stereocenters. The summed E-state index contributed by atoms with van der Waals surface area (Å²) in [6, 6.07) is 17.0. The molecule has 0 N–H and O–H groups in total. The average Bonchev–Trinajstić information content (AvgIpc) is 3.08. The van der Waals surface area contributed by atoms with Gasteiger partial charge in [-0.15, -0.1) is 0 Å². The number of carbonyl (C=O) groups excluding carboxylic acids is 1. The zero-order valence-electron chi connectivity index (χ0n) is 17.9. The monoisotopic (exact) mass is 577 g/mol. The van der Waals surface area contributed by atoms with Crippen LogP contribution in [0.3, 0.4) is 0 Å². The standard InChI is InChI=1S/C25H18BrClFNO3S2/c1-2-31-21-12-15(11-19(26)23(21)32-14-16-5-3-4-6-20(16)28)13-22-24(30)29(25(33)34-22)18-9-7-17(27)8-10-18/h3-13H,2,14H2,1H3/b22-13+. The number of thioether (sulfide) groups is 1. The molecule has 1 heterocycles. The van der Waals surface area contributed by atoms with Crippen molar-refractivity contribution in [2.75, 3.05) is 11.5 Å². The van der Waals surface area contributed by atoms with Crippen LogP contribution in [0.25, 0.3) is 6.08 Å². The maximum atomic E-state index is 14.0. The predicted octanol–water partition coefficient (Wildman–Crippen LogP) is 7.63. The Kier molecular flexibility index (Phi) is 7.93. The lowest BCUT2D eigenvalue weighted by Crippen LogP contribution is -2.27. The molecule has 9 heteroatoms. The Hall–Kier alpha value is -2.39. The van der Waals surface area contributed by atoms with Gasteiger partial charge in [0.25, 0.3) is 5.91 Å². The topological polar surface area (TPSA) is 38.8 Å². The summed E-state index contributed by atoms with van der Waals surface area (Å²) in [5.41, 5.74) is 1.82. The molecule has 1 amide bonds. The van der Waals surface area contributed by atoms with Gasteiger partial charge in [0.05, 0.1) is 21.7 Å². The Balaban J connectivity index is 1.60. The van der Waals surface area contributed by atoms with Crippen LogP contribution < -0.4 is 14.4 Å². The third-order valence-electron chi connectivity index (χ3n) is 4.84. The fourth-order valence-corrected chi connectivity index (χ4v) is 5.27. The van der Waals surface area contributed by atoms with Gasteiger partial charge in [-0.05, 0) is 77.0 Å². The molecule has 1 aliphatic rings. The minimum Gasteiger partial charge on any atom is -0.490 e. The minimum absolute atomic E-state index is 0.0461. The number of carbonyl (C=O) groups is 1. The second kappa shape index (κ2) is 10.9. The van der Waals surface area contributed by atoms with E-state index in [1.807, 2.05) is 13.0 Å². The van der Waals surface area contributed by atoms with E-state index in [2.05, 4.69) is 15.9 Å². The van der Waals surface area contributed by atoms with Gasteiger partial charge >= 0.3 is 0 Å². The first kappa shape index (κ1) is 24.7. The molecule has 1 saturated heterocycles. The van der Waals surface area contributed by atoms with Gasteiger partial charge < -0.3 is 9.47 Å². The number of rotatable bonds is 7. The molecule has 34 heavy (non-hydrogen) atoms. The summed E-state index contributed by atoms with van der Waals surface area (Å²) >= 11 is 16.1. The largest absolute Gasteiger partial charge is 0.490 e. The summed E-state index contributed by atoms with van der Waals surface area (Å²) < 4.78 is 26.7. The molecule has 0 spiro atoms. The van der Waals surface area contributed by atoms with Crippen molar-refractivity contribution in [1.29, 1.82) is 0 Å². The molecular formula is C25H18BrClFNO3S2. The molecule has 4 nitrogen and oxygen atoms in total. The molecule has 4 rings (SSSR count). The SMILES string of the molecule is CCOc1cc(/C=C2/SC(=S)N(c3ccc(Cl)cc3)C2=O)cc(Br)c1OCc1ccccc1F. The van der Waals surface area contributed by atoms with Crippen LogP contribution in [-0.4, -0.2) is 16.8 Å². The van der Waals surface area contributed by atoms with Gasteiger partial charge in [-0.2, -0.15) is 0 Å². The molecule has 0 radical (unpaired) electrons. The van der Waals surface area contributed by atoms with Gasteiger partial charge in [0.15, 0.2) is 15.8 Å². The van der Waals surface area contributed by atoms with E-state index in [0.717, 1.165) is 5.56 Å². The van der Waals surface area contributed by atoms with Crippen molar-refractivity contribution in [3.05, 3.63) is 92.0 Å². The maximum absolute atomic E-state index is 14.0. The molecule has 0 bridgehead atoms. The predicted molar refractivity (Wildman–Crippen MR) is 143 cm³/mol. The highest BCUT2D eigenvalue weighted by atomic mass is 79.9. The van der Waals surface area contributed by atoms with Crippen LogP contribution in [0, 0.1) is 5.82 Å². The van der Waals surface area contributed by atoms with Crippen LogP contribution in [0.15, 0.2) is 70.0 Å². The Labute approximate surface area is 219 Å². The van der Waals surface area contributed by atoms with E-state index in [1.165, 1.54) is 22.7 Å². The molecule has 0 saturated carbocycles. The Morgan fingerprint density at radius 2 is 1.88 bits per heavy atom. The Morgan fingerprint density at radius 1 is 1.15 bits per heavy atom. The number of thiocarbonyl (C=S) groups is 1. The van der Waals surface area contributed by atoms with Gasteiger partial charge in [-0.3, -0.25) is 9.69 Å². The number of hydrogen-bond donors (Lipinski definition) is 0. The van der Waals surface area contributed by atoms with Crippen LogP contribution in [0.4, 0.5) is 10.1 Å². The van der Waals surface area contributed by atoms with Crippen molar-refractivity contribution >= 4 is 73.5 Å². The van der Waals surface area contributed by atoms with Gasteiger partial charge in [0, 0.05) is 10.6 Å². The van der Waals surface area contributed by atoms with Gasteiger partial charge in [0.1, 0.15) is 12.4 Å². The maximum Gasteiger partial charge on any atom is 0.270 e. The number of ether oxygens (including phenoxy) is 2. The number of halogens is 3. The van der Waals surface area contributed by atoms with Gasteiger partial charge in [0.2, 0.25) is 0 Å². The molecule has 0 aromatic heterocycles. The minimum atomic E-state index is -0.337. The van der Waals surface area contributed by atoms with Crippen LogP contribution in [0.5, 0.6) is 11.5 Å². The number of benzene rings is 3. The molecule has 3 aromatic carbocycles. The first-order chi connectivity index (χ1) is 16.4. The van der Waals surface area contributed by atoms with E-state index in [0.29, 0.717) is 48.1 Å². The third-order valence-corrected chi connectivity index (χ3v) is 6.98. The summed E-state index contributed by atoms with van der Waals surface area (Å²) in [7, 11) is 0. The lowest BCUT2D eigenvalue weighted by atomic mass is 10.1. The normalized spacial score (nSPS) is 14.7. The summed E-state index contributed by atoms with van der Waals surface area (Å²) in [5, 5.41) is 0.579. The van der Waals surface area contributed by atoms with Crippen molar-refractivity contribution in [3.8, 4) is 11.5 Å². The highest BCUT2D eigenvalue weighted by molar-refractivity contribution is 9.10. The first-order valence-corrected chi connectivity index (χ1v) is 12.6. The van der Waals surface area contributed by atoms with Crippen molar-refractivity contribution in [2.24, 2.45) is 0 Å². The van der Waals surface area contributed by atoms with Crippen molar-refractivity contribution in [3.63, 3.8) is 0 Å². The fourth-order valence-electron chi connectivity index (χ4n) is 3.27. The smallest absolute Gasteiger partial charge is 0.270 e. The van der Waals surface area contributed by atoms with Crippen LogP contribution in [0.1, 0.15) is 18.1 Å². The first-order valence-electron chi connectivity index (χ1n) is 10.2. The summed E-state index contributed by atoms with van der Waals surface area (Å²) in [6.07, 6.45) is 1.75. The molecule has 3 aromatic rings. The summed E-state index contributed by atoms with van der Waals surface area (Å²) in [6.45, 7) is 2.31. The number of amides is 1. The number of anilines is 1. The fraction of sp³-hybridized carbons (Fsp3) is 0.120.